The SMILES string of the molecule is C=C1NNC(=O)C1CCC(=O)NN=Cc1ccc(Cl)cc1. The van der Waals surface area contributed by atoms with Crippen molar-refractivity contribution in [3.05, 3.63) is 47.1 Å². The summed E-state index contributed by atoms with van der Waals surface area (Å²) < 4.78 is 0. The first kappa shape index (κ1) is 15.1. The van der Waals surface area contributed by atoms with Gasteiger partial charge in [-0.1, -0.05) is 30.3 Å². The van der Waals surface area contributed by atoms with E-state index in [1.165, 1.54) is 6.21 Å². The first-order chi connectivity index (χ1) is 10.1. The molecule has 2 amide bonds. The highest BCUT2D eigenvalue weighted by Gasteiger charge is 2.27. The van der Waals surface area contributed by atoms with Crippen molar-refractivity contribution in [1.29, 1.82) is 0 Å². The highest BCUT2D eigenvalue weighted by molar-refractivity contribution is 6.30. The van der Waals surface area contributed by atoms with Crippen molar-refractivity contribution in [2.24, 2.45) is 11.0 Å². The van der Waals surface area contributed by atoms with Gasteiger partial charge in [-0.15, -0.1) is 0 Å². The molecule has 0 spiro atoms. The molecular weight excluding hydrogens is 292 g/mol. The highest BCUT2D eigenvalue weighted by Crippen LogP contribution is 2.17. The van der Waals surface area contributed by atoms with Gasteiger partial charge in [0.25, 0.3) is 0 Å². The van der Waals surface area contributed by atoms with E-state index in [1.54, 1.807) is 24.3 Å². The second kappa shape index (κ2) is 6.90. The van der Waals surface area contributed by atoms with Gasteiger partial charge in [0.2, 0.25) is 11.8 Å². The molecule has 6 nitrogen and oxygen atoms in total. The molecule has 1 saturated heterocycles. The van der Waals surface area contributed by atoms with Crippen LogP contribution in [-0.2, 0) is 9.59 Å². The Morgan fingerprint density at radius 1 is 1.38 bits per heavy atom. The van der Waals surface area contributed by atoms with E-state index >= 15 is 0 Å². The zero-order valence-corrected chi connectivity index (χ0v) is 12.0. The van der Waals surface area contributed by atoms with E-state index in [1.807, 2.05) is 0 Å². The summed E-state index contributed by atoms with van der Waals surface area (Å²) in [6.45, 7) is 3.71. The molecule has 0 aromatic heterocycles. The molecule has 2 rings (SSSR count). The van der Waals surface area contributed by atoms with E-state index in [4.69, 9.17) is 11.6 Å². The Bertz CT molecular complexity index is 567. The van der Waals surface area contributed by atoms with E-state index in [2.05, 4.69) is 28.0 Å². The average molecular weight is 307 g/mol. The van der Waals surface area contributed by atoms with E-state index in [-0.39, 0.29) is 24.2 Å². The van der Waals surface area contributed by atoms with Gasteiger partial charge < -0.3 is 5.43 Å². The molecule has 21 heavy (non-hydrogen) atoms. The van der Waals surface area contributed by atoms with Crippen LogP contribution in [0.2, 0.25) is 5.02 Å². The Hall–Kier alpha value is -2.34. The third-order valence-corrected chi connectivity index (χ3v) is 3.27. The summed E-state index contributed by atoms with van der Waals surface area (Å²) in [4.78, 5) is 23.0. The first-order valence-corrected chi connectivity index (χ1v) is 6.76. The van der Waals surface area contributed by atoms with Gasteiger partial charge in [0.1, 0.15) is 0 Å². The molecule has 1 aliphatic rings. The largest absolute Gasteiger partial charge is 0.303 e. The van der Waals surface area contributed by atoms with Crippen molar-refractivity contribution in [2.75, 3.05) is 0 Å². The fourth-order valence-electron chi connectivity index (χ4n) is 1.84. The molecule has 0 saturated carbocycles. The van der Waals surface area contributed by atoms with Crippen molar-refractivity contribution in [1.82, 2.24) is 16.3 Å². The normalized spacial score (nSPS) is 17.7. The van der Waals surface area contributed by atoms with Gasteiger partial charge in [0, 0.05) is 17.1 Å². The topological polar surface area (TPSA) is 82.6 Å². The zero-order chi connectivity index (χ0) is 15.2. The Balaban J connectivity index is 1.76. The van der Waals surface area contributed by atoms with Crippen molar-refractivity contribution >= 4 is 29.6 Å². The summed E-state index contributed by atoms with van der Waals surface area (Å²) in [5.74, 6) is -0.804. The monoisotopic (exact) mass is 306 g/mol. The van der Waals surface area contributed by atoms with Crippen LogP contribution >= 0.6 is 11.6 Å². The number of nitrogens with zero attached hydrogens (tertiary/aromatic N) is 1. The van der Waals surface area contributed by atoms with Gasteiger partial charge in [-0.25, -0.2) is 5.43 Å². The minimum atomic E-state index is -0.379. The lowest BCUT2D eigenvalue weighted by Crippen LogP contribution is -2.26. The zero-order valence-electron chi connectivity index (χ0n) is 11.2. The Kier molecular flexibility index (Phi) is 4.94. The molecule has 0 bridgehead atoms. The standard InChI is InChI=1S/C14H15ClN4O2/c1-9-12(14(21)19-17-9)6-7-13(20)18-16-8-10-2-4-11(15)5-3-10/h2-5,8,12,17H,1,6-7H2,(H,18,20)(H,19,21). The predicted octanol–water partition coefficient (Wildman–Crippen LogP) is 1.33. The number of carbonyl (C=O) groups is 2. The van der Waals surface area contributed by atoms with E-state index in [0.717, 1.165) is 5.56 Å². The minimum absolute atomic E-state index is 0.169. The maximum absolute atomic E-state index is 11.6. The number of hydrogen-bond donors (Lipinski definition) is 3. The first-order valence-electron chi connectivity index (χ1n) is 6.38. The smallest absolute Gasteiger partial charge is 0.247 e. The van der Waals surface area contributed by atoms with Crippen LogP contribution in [0.4, 0.5) is 0 Å². The van der Waals surface area contributed by atoms with Crippen molar-refractivity contribution in [3.8, 4) is 0 Å². The summed E-state index contributed by atoms with van der Waals surface area (Å²) in [6, 6.07) is 7.05. The molecular formula is C14H15ClN4O2. The molecule has 1 fully saturated rings. The van der Waals surface area contributed by atoms with Crippen LogP contribution in [-0.4, -0.2) is 18.0 Å². The van der Waals surface area contributed by atoms with Gasteiger partial charge in [-0.3, -0.25) is 15.0 Å². The Labute approximate surface area is 127 Å². The highest BCUT2D eigenvalue weighted by atomic mass is 35.5. The fraction of sp³-hybridized carbons (Fsp3) is 0.214. The third kappa shape index (κ3) is 4.32. The lowest BCUT2D eigenvalue weighted by Gasteiger charge is -2.05. The van der Waals surface area contributed by atoms with Crippen LogP contribution in [0.15, 0.2) is 41.6 Å². The lowest BCUT2D eigenvalue weighted by molar-refractivity contribution is -0.123. The summed E-state index contributed by atoms with van der Waals surface area (Å²) >= 11 is 5.76. The van der Waals surface area contributed by atoms with E-state index in [9.17, 15) is 9.59 Å². The second-order valence-electron chi connectivity index (χ2n) is 4.58. The number of hydrazone groups is 1. The molecule has 1 heterocycles. The molecule has 7 heteroatoms. The number of amides is 2. The van der Waals surface area contributed by atoms with Crippen LogP contribution in [0, 0.1) is 5.92 Å². The predicted molar refractivity (Wildman–Crippen MR) is 80.3 cm³/mol. The van der Waals surface area contributed by atoms with Crippen LogP contribution in [0.5, 0.6) is 0 Å². The number of carbonyl (C=O) groups excluding carboxylic acids is 2. The molecule has 0 radical (unpaired) electrons. The van der Waals surface area contributed by atoms with Crippen LogP contribution < -0.4 is 16.3 Å². The van der Waals surface area contributed by atoms with Crippen molar-refractivity contribution in [3.63, 3.8) is 0 Å². The molecule has 3 N–H and O–H groups in total. The maximum atomic E-state index is 11.6. The Morgan fingerprint density at radius 3 is 2.71 bits per heavy atom. The molecule has 1 aliphatic heterocycles. The van der Waals surface area contributed by atoms with E-state index in [0.29, 0.717) is 17.1 Å². The van der Waals surface area contributed by atoms with Gasteiger partial charge in [-0.2, -0.15) is 5.10 Å². The minimum Gasteiger partial charge on any atom is -0.303 e. The third-order valence-electron chi connectivity index (χ3n) is 3.02. The quantitative estimate of drug-likeness (QED) is 0.567. The number of hydrogen-bond acceptors (Lipinski definition) is 4. The van der Waals surface area contributed by atoms with Crippen molar-refractivity contribution < 1.29 is 9.59 Å². The van der Waals surface area contributed by atoms with Gasteiger partial charge >= 0.3 is 0 Å². The molecule has 1 aromatic carbocycles. The number of halogens is 1. The average Bonchev–Trinajstić information content (AvgIpc) is 2.78. The second-order valence-corrected chi connectivity index (χ2v) is 5.01. The summed E-state index contributed by atoms with van der Waals surface area (Å²) in [5, 5.41) is 4.49. The number of benzene rings is 1. The van der Waals surface area contributed by atoms with Gasteiger partial charge in [0.15, 0.2) is 0 Å². The number of hydrazine groups is 1. The molecule has 1 atom stereocenters. The van der Waals surface area contributed by atoms with Crippen molar-refractivity contribution in [2.45, 2.75) is 12.8 Å². The van der Waals surface area contributed by atoms with Crippen LogP contribution in [0.1, 0.15) is 18.4 Å². The van der Waals surface area contributed by atoms with Crippen LogP contribution in [0.3, 0.4) is 0 Å². The van der Waals surface area contributed by atoms with Gasteiger partial charge in [0.05, 0.1) is 12.1 Å². The lowest BCUT2D eigenvalue weighted by atomic mass is 10.0. The van der Waals surface area contributed by atoms with E-state index < -0.39 is 0 Å². The fourth-order valence-corrected chi connectivity index (χ4v) is 1.96. The summed E-state index contributed by atoms with van der Waals surface area (Å²) in [6.07, 6.45) is 2.10. The summed E-state index contributed by atoms with van der Waals surface area (Å²) in [7, 11) is 0. The van der Waals surface area contributed by atoms with Gasteiger partial charge in [-0.05, 0) is 24.1 Å². The summed E-state index contributed by atoms with van der Waals surface area (Å²) in [5.41, 5.74) is 8.92. The maximum Gasteiger partial charge on any atom is 0.247 e. The number of rotatable bonds is 5. The molecule has 110 valence electrons. The molecule has 1 aromatic rings. The molecule has 0 aliphatic carbocycles. The Morgan fingerprint density at radius 2 is 2.10 bits per heavy atom. The molecule has 1 unspecified atom stereocenters. The van der Waals surface area contributed by atoms with Crippen LogP contribution in [0.25, 0.3) is 0 Å². The number of nitrogens with one attached hydrogen (secondary N) is 3.